The van der Waals surface area contributed by atoms with Gasteiger partial charge in [-0.1, -0.05) is 36.4 Å². The van der Waals surface area contributed by atoms with Gasteiger partial charge in [0.15, 0.2) is 0 Å². The third-order valence-corrected chi connectivity index (χ3v) is 5.03. The molecule has 1 fully saturated rings. The summed E-state index contributed by atoms with van der Waals surface area (Å²) in [5.41, 5.74) is 2.95. The van der Waals surface area contributed by atoms with Crippen LogP contribution in [0.2, 0.25) is 0 Å². The molecule has 144 valence electrons. The van der Waals surface area contributed by atoms with Crippen LogP contribution >= 0.6 is 0 Å². The summed E-state index contributed by atoms with van der Waals surface area (Å²) in [6.07, 6.45) is 4.55. The van der Waals surface area contributed by atoms with Gasteiger partial charge in [-0.05, 0) is 30.2 Å². The lowest BCUT2D eigenvalue weighted by atomic mass is 10.1. The first-order valence-corrected chi connectivity index (χ1v) is 9.51. The fourth-order valence-electron chi connectivity index (χ4n) is 3.50. The molecular formula is C22H23FN4O. The summed E-state index contributed by atoms with van der Waals surface area (Å²) >= 11 is 0. The van der Waals surface area contributed by atoms with Gasteiger partial charge in [0.2, 0.25) is 5.91 Å². The molecular weight excluding hydrogens is 355 g/mol. The van der Waals surface area contributed by atoms with E-state index >= 15 is 0 Å². The van der Waals surface area contributed by atoms with Gasteiger partial charge in [-0.25, -0.2) is 9.07 Å². The van der Waals surface area contributed by atoms with E-state index in [9.17, 15) is 9.18 Å². The Hall–Kier alpha value is -2.99. The first-order valence-electron chi connectivity index (χ1n) is 9.51. The standard InChI is InChI=1S/C22H23FN4O/c23-20-7-4-8-21(13-20)27-16-19(14-24-27)15-25-11-12-26(22(28)17-25)10-9-18-5-2-1-3-6-18/h1-8,13-14,16H,9-12,15,17H2. The molecule has 1 aromatic heterocycles. The Bertz CT molecular complexity index is 940. The number of nitrogens with zero attached hydrogens (tertiary/aromatic N) is 4. The number of aromatic nitrogens is 2. The average molecular weight is 378 g/mol. The number of hydrogen-bond donors (Lipinski definition) is 0. The van der Waals surface area contributed by atoms with Crippen molar-refractivity contribution in [2.24, 2.45) is 0 Å². The lowest BCUT2D eigenvalue weighted by Gasteiger charge is -2.34. The van der Waals surface area contributed by atoms with Gasteiger partial charge in [0.05, 0.1) is 18.4 Å². The van der Waals surface area contributed by atoms with Gasteiger partial charge in [0, 0.05) is 37.9 Å². The highest BCUT2D eigenvalue weighted by atomic mass is 19.1. The van der Waals surface area contributed by atoms with Crippen LogP contribution in [0.15, 0.2) is 67.0 Å². The SMILES string of the molecule is O=C1CN(Cc2cnn(-c3cccc(F)c3)c2)CCN1CCc1ccccc1. The number of hydrogen-bond acceptors (Lipinski definition) is 3. The van der Waals surface area contributed by atoms with Crippen molar-refractivity contribution in [2.75, 3.05) is 26.2 Å². The van der Waals surface area contributed by atoms with Crippen LogP contribution in [0.4, 0.5) is 4.39 Å². The Labute approximate surface area is 164 Å². The molecule has 1 aliphatic heterocycles. The van der Waals surface area contributed by atoms with Gasteiger partial charge in [0.1, 0.15) is 5.82 Å². The number of amides is 1. The Morgan fingerprint density at radius 3 is 2.64 bits per heavy atom. The lowest BCUT2D eigenvalue weighted by molar-refractivity contribution is -0.136. The highest BCUT2D eigenvalue weighted by molar-refractivity contribution is 5.79. The highest BCUT2D eigenvalue weighted by Gasteiger charge is 2.23. The largest absolute Gasteiger partial charge is 0.340 e. The summed E-state index contributed by atoms with van der Waals surface area (Å²) in [6, 6.07) is 16.6. The van der Waals surface area contributed by atoms with Gasteiger partial charge < -0.3 is 4.90 Å². The van der Waals surface area contributed by atoms with Gasteiger partial charge in [-0.2, -0.15) is 5.10 Å². The fourth-order valence-corrected chi connectivity index (χ4v) is 3.50. The minimum atomic E-state index is -0.285. The molecule has 0 radical (unpaired) electrons. The second-order valence-electron chi connectivity index (χ2n) is 7.10. The van der Waals surface area contributed by atoms with Crippen molar-refractivity contribution < 1.29 is 9.18 Å². The molecule has 0 atom stereocenters. The van der Waals surface area contributed by atoms with E-state index in [0.717, 1.165) is 31.6 Å². The normalized spacial score (nSPS) is 15.2. The zero-order valence-electron chi connectivity index (χ0n) is 15.7. The Morgan fingerprint density at radius 2 is 1.86 bits per heavy atom. The maximum absolute atomic E-state index is 13.4. The Morgan fingerprint density at radius 1 is 1.00 bits per heavy atom. The molecule has 3 aromatic rings. The number of carbonyl (C=O) groups excluding carboxylic acids is 1. The van der Waals surface area contributed by atoms with Crippen molar-refractivity contribution in [1.82, 2.24) is 19.6 Å². The summed E-state index contributed by atoms with van der Waals surface area (Å²) in [6.45, 7) is 3.41. The predicted molar refractivity (Wildman–Crippen MR) is 106 cm³/mol. The van der Waals surface area contributed by atoms with Crippen LogP contribution in [-0.2, 0) is 17.8 Å². The third-order valence-electron chi connectivity index (χ3n) is 5.03. The lowest BCUT2D eigenvalue weighted by Crippen LogP contribution is -2.50. The quantitative estimate of drug-likeness (QED) is 0.662. The smallest absolute Gasteiger partial charge is 0.236 e. The molecule has 28 heavy (non-hydrogen) atoms. The number of carbonyl (C=O) groups is 1. The van der Waals surface area contributed by atoms with Crippen LogP contribution in [0.1, 0.15) is 11.1 Å². The van der Waals surface area contributed by atoms with E-state index in [1.807, 2.05) is 35.4 Å². The van der Waals surface area contributed by atoms with E-state index in [-0.39, 0.29) is 11.7 Å². The Balaban J connectivity index is 1.31. The van der Waals surface area contributed by atoms with Crippen molar-refractivity contribution in [3.8, 4) is 5.69 Å². The molecule has 0 spiro atoms. The zero-order valence-corrected chi connectivity index (χ0v) is 15.7. The van der Waals surface area contributed by atoms with E-state index in [2.05, 4.69) is 22.1 Å². The molecule has 2 heterocycles. The van der Waals surface area contributed by atoms with Crippen molar-refractivity contribution in [2.45, 2.75) is 13.0 Å². The van der Waals surface area contributed by atoms with E-state index < -0.39 is 0 Å². The average Bonchev–Trinajstić information content (AvgIpc) is 3.17. The summed E-state index contributed by atoms with van der Waals surface area (Å²) in [5.74, 6) is -0.119. The molecule has 2 aromatic carbocycles. The van der Waals surface area contributed by atoms with Crippen LogP contribution < -0.4 is 0 Å². The number of rotatable bonds is 6. The molecule has 1 amide bonds. The van der Waals surface area contributed by atoms with E-state index in [1.54, 1.807) is 16.9 Å². The monoisotopic (exact) mass is 378 g/mol. The van der Waals surface area contributed by atoms with Crippen LogP contribution in [-0.4, -0.2) is 51.7 Å². The van der Waals surface area contributed by atoms with Crippen molar-refractivity contribution in [1.29, 1.82) is 0 Å². The maximum Gasteiger partial charge on any atom is 0.236 e. The first-order chi connectivity index (χ1) is 13.7. The van der Waals surface area contributed by atoms with Crippen molar-refractivity contribution in [3.63, 3.8) is 0 Å². The summed E-state index contributed by atoms with van der Waals surface area (Å²) in [5, 5.41) is 4.32. The van der Waals surface area contributed by atoms with Crippen LogP contribution in [0.3, 0.4) is 0 Å². The summed E-state index contributed by atoms with van der Waals surface area (Å²) in [4.78, 5) is 16.6. The van der Waals surface area contributed by atoms with E-state index in [1.165, 1.54) is 17.7 Å². The molecule has 5 nitrogen and oxygen atoms in total. The summed E-state index contributed by atoms with van der Waals surface area (Å²) < 4.78 is 15.1. The maximum atomic E-state index is 13.4. The van der Waals surface area contributed by atoms with Crippen LogP contribution in [0, 0.1) is 5.82 Å². The number of benzene rings is 2. The van der Waals surface area contributed by atoms with Crippen LogP contribution in [0.25, 0.3) is 5.69 Å². The minimum Gasteiger partial charge on any atom is -0.340 e. The van der Waals surface area contributed by atoms with E-state index in [0.29, 0.717) is 18.8 Å². The van der Waals surface area contributed by atoms with Gasteiger partial charge in [-0.15, -0.1) is 0 Å². The van der Waals surface area contributed by atoms with Gasteiger partial charge >= 0.3 is 0 Å². The molecule has 4 rings (SSSR count). The second-order valence-corrected chi connectivity index (χ2v) is 7.10. The second kappa shape index (κ2) is 8.35. The number of piperazine rings is 1. The van der Waals surface area contributed by atoms with Crippen molar-refractivity contribution >= 4 is 5.91 Å². The molecule has 0 bridgehead atoms. The predicted octanol–water partition coefficient (Wildman–Crippen LogP) is 2.90. The van der Waals surface area contributed by atoms with Crippen LogP contribution in [0.5, 0.6) is 0 Å². The van der Waals surface area contributed by atoms with Gasteiger partial charge in [0.25, 0.3) is 0 Å². The Kier molecular flexibility index (Phi) is 5.48. The highest BCUT2D eigenvalue weighted by Crippen LogP contribution is 2.13. The molecule has 0 N–H and O–H groups in total. The van der Waals surface area contributed by atoms with E-state index in [4.69, 9.17) is 0 Å². The fraction of sp³-hybridized carbons (Fsp3) is 0.273. The molecule has 0 unspecified atom stereocenters. The summed E-state index contributed by atoms with van der Waals surface area (Å²) in [7, 11) is 0. The minimum absolute atomic E-state index is 0.166. The molecule has 0 saturated carbocycles. The zero-order chi connectivity index (χ0) is 19.3. The first kappa shape index (κ1) is 18.4. The number of halogens is 1. The molecule has 0 aliphatic carbocycles. The molecule has 6 heteroatoms. The molecule has 1 aliphatic rings. The van der Waals surface area contributed by atoms with Gasteiger partial charge in [-0.3, -0.25) is 9.69 Å². The third kappa shape index (κ3) is 4.46. The molecule has 1 saturated heterocycles. The topological polar surface area (TPSA) is 41.4 Å². The van der Waals surface area contributed by atoms with Crippen molar-refractivity contribution in [3.05, 3.63) is 83.9 Å².